The number of methoxy groups -OCH3 is 1. The van der Waals surface area contributed by atoms with Crippen molar-refractivity contribution < 1.29 is 14.3 Å². The molecule has 0 aliphatic carbocycles. The van der Waals surface area contributed by atoms with E-state index in [2.05, 4.69) is 18.5 Å². The topological polar surface area (TPSA) is 54.6 Å². The smallest absolute Gasteiger partial charge is 0.176 e. The minimum absolute atomic E-state index is 0.0887. The lowest BCUT2D eigenvalue weighted by molar-refractivity contribution is 0.263. The molecule has 5 heteroatoms. The van der Waals surface area contributed by atoms with E-state index in [1.165, 1.54) is 0 Å². The van der Waals surface area contributed by atoms with Crippen molar-refractivity contribution in [3.63, 3.8) is 0 Å². The van der Waals surface area contributed by atoms with E-state index in [1.807, 2.05) is 24.3 Å². The zero-order valence-corrected chi connectivity index (χ0v) is 13.6. The van der Waals surface area contributed by atoms with Gasteiger partial charge in [-0.05, 0) is 31.7 Å². The van der Waals surface area contributed by atoms with Crippen molar-refractivity contribution in [3.8, 4) is 5.75 Å². The minimum atomic E-state index is 0.0887. The van der Waals surface area contributed by atoms with Crippen molar-refractivity contribution in [2.24, 2.45) is 0 Å². The van der Waals surface area contributed by atoms with Crippen LogP contribution in [0.1, 0.15) is 25.1 Å². The highest BCUT2D eigenvalue weighted by atomic mass is 32.2. The summed E-state index contributed by atoms with van der Waals surface area (Å²) in [5.41, 5.74) is 0.784. The Morgan fingerprint density at radius 3 is 2.90 bits per heavy atom. The summed E-state index contributed by atoms with van der Waals surface area (Å²) >= 11 is 1.77. The molecule has 2 atom stereocenters. The molecule has 0 radical (unpaired) electrons. The van der Waals surface area contributed by atoms with Gasteiger partial charge < -0.3 is 19.6 Å². The maximum absolute atomic E-state index is 9.14. The standard InChI is InChI=1S/C16H23NO3S/c1-11(17-13(7-8-18)10-21-3)15-9-12-5-4-6-14(19-2)16(12)20-15/h4-6,9,11,13,17-18H,7-8,10H2,1-3H3. The Balaban J connectivity index is 2.16. The molecular weight excluding hydrogens is 286 g/mol. The maximum atomic E-state index is 9.14. The highest BCUT2D eigenvalue weighted by molar-refractivity contribution is 7.98. The van der Waals surface area contributed by atoms with Gasteiger partial charge in [-0.2, -0.15) is 11.8 Å². The van der Waals surface area contributed by atoms with Crippen LogP contribution in [0.2, 0.25) is 0 Å². The predicted molar refractivity (Wildman–Crippen MR) is 88.2 cm³/mol. The SMILES string of the molecule is COc1cccc2cc(C(C)NC(CCO)CSC)oc12. The summed E-state index contributed by atoms with van der Waals surface area (Å²) in [5.74, 6) is 2.61. The zero-order valence-electron chi connectivity index (χ0n) is 12.8. The Hall–Kier alpha value is -1.17. The number of ether oxygens (including phenoxy) is 1. The average molecular weight is 309 g/mol. The summed E-state index contributed by atoms with van der Waals surface area (Å²) in [6.45, 7) is 2.27. The molecule has 0 bridgehead atoms. The number of furan rings is 1. The number of benzene rings is 1. The molecule has 0 aliphatic heterocycles. The molecule has 2 unspecified atom stereocenters. The number of para-hydroxylation sites is 1. The molecule has 21 heavy (non-hydrogen) atoms. The number of hydrogen-bond acceptors (Lipinski definition) is 5. The van der Waals surface area contributed by atoms with Crippen molar-refractivity contribution in [2.45, 2.75) is 25.4 Å². The molecule has 0 aliphatic rings. The maximum Gasteiger partial charge on any atom is 0.176 e. The first-order valence-corrected chi connectivity index (χ1v) is 8.51. The van der Waals surface area contributed by atoms with E-state index < -0.39 is 0 Å². The van der Waals surface area contributed by atoms with Gasteiger partial charge in [0, 0.05) is 23.8 Å². The Kier molecular flexibility index (Phi) is 5.96. The summed E-state index contributed by atoms with van der Waals surface area (Å²) in [4.78, 5) is 0. The summed E-state index contributed by atoms with van der Waals surface area (Å²) in [6, 6.07) is 8.28. The molecule has 0 spiro atoms. The fourth-order valence-corrected chi connectivity index (χ4v) is 3.10. The number of nitrogens with one attached hydrogen (secondary N) is 1. The van der Waals surface area contributed by atoms with Gasteiger partial charge in [-0.1, -0.05) is 12.1 Å². The second-order valence-electron chi connectivity index (χ2n) is 5.08. The highest BCUT2D eigenvalue weighted by Gasteiger charge is 2.17. The number of aliphatic hydroxyl groups excluding tert-OH is 1. The Labute approximate surface area is 129 Å². The lowest BCUT2D eigenvalue weighted by Crippen LogP contribution is -2.34. The quantitative estimate of drug-likeness (QED) is 0.784. The first kappa shape index (κ1) is 16.2. The molecule has 0 saturated carbocycles. The molecular formula is C16H23NO3S. The van der Waals surface area contributed by atoms with E-state index >= 15 is 0 Å². The number of rotatable bonds is 8. The molecule has 2 rings (SSSR count). The van der Waals surface area contributed by atoms with E-state index in [1.54, 1.807) is 18.9 Å². The zero-order chi connectivity index (χ0) is 15.2. The molecule has 1 aromatic carbocycles. The molecule has 116 valence electrons. The van der Waals surface area contributed by atoms with Crippen LogP contribution in [0, 0.1) is 0 Å². The van der Waals surface area contributed by atoms with Crippen LogP contribution < -0.4 is 10.1 Å². The van der Waals surface area contributed by atoms with Crippen LogP contribution in [-0.4, -0.2) is 36.9 Å². The van der Waals surface area contributed by atoms with E-state index in [-0.39, 0.29) is 18.7 Å². The highest BCUT2D eigenvalue weighted by Crippen LogP contribution is 2.31. The Morgan fingerprint density at radius 1 is 1.43 bits per heavy atom. The molecule has 1 aromatic heterocycles. The van der Waals surface area contributed by atoms with Gasteiger partial charge in [0.15, 0.2) is 11.3 Å². The Bertz CT molecular complexity index is 564. The molecule has 2 aromatic rings. The lowest BCUT2D eigenvalue weighted by atomic mass is 10.1. The number of fused-ring (bicyclic) bond motifs is 1. The van der Waals surface area contributed by atoms with Gasteiger partial charge >= 0.3 is 0 Å². The molecule has 0 saturated heterocycles. The fraction of sp³-hybridized carbons (Fsp3) is 0.500. The van der Waals surface area contributed by atoms with Crippen LogP contribution in [-0.2, 0) is 0 Å². The van der Waals surface area contributed by atoms with Gasteiger partial charge in [-0.3, -0.25) is 0 Å². The number of aliphatic hydroxyl groups is 1. The van der Waals surface area contributed by atoms with E-state index in [0.29, 0.717) is 0 Å². The van der Waals surface area contributed by atoms with Crippen LogP contribution in [0.25, 0.3) is 11.0 Å². The van der Waals surface area contributed by atoms with Gasteiger partial charge in [0.05, 0.1) is 13.2 Å². The third-order valence-corrected chi connectivity index (χ3v) is 4.24. The lowest BCUT2D eigenvalue weighted by Gasteiger charge is -2.20. The molecule has 0 amide bonds. The van der Waals surface area contributed by atoms with Crippen molar-refractivity contribution in [1.82, 2.24) is 5.32 Å². The molecule has 4 nitrogen and oxygen atoms in total. The Morgan fingerprint density at radius 2 is 2.24 bits per heavy atom. The molecule has 0 fully saturated rings. The normalized spacial score (nSPS) is 14.3. The number of thioether (sulfide) groups is 1. The second kappa shape index (κ2) is 7.73. The second-order valence-corrected chi connectivity index (χ2v) is 5.99. The van der Waals surface area contributed by atoms with E-state index in [4.69, 9.17) is 14.3 Å². The van der Waals surface area contributed by atoms with Crippen LogP contribution in [0.3, 0.4) is 0 Å². The van der Waals surface area contributed by atoms with Gasteiger partial charge in [-0.15, -0.1) is 0 Å². The summed E-state index contributed by atoms with van der Waals surface area (Å²) in [6.07, 6.45) is 2.82. The van der Waals surface area contributed by atoms with Crippen LogP contribution in [0.15, 0.2) is 28.7 Å². The van der Waals surface area contributed by atoms with E-state index in [0.717, 1.165) is 34.7 Å². The molecule has 1 heterocycles. The largest absolute Gasteiger partial charge is 0.493 e. The summed E-state index contributed by atoms with van der Waals surface area (Å²) in [7, 11) is 1.65. The first-order valence-electron chi connectivity index (χ1n) is 7.12. The number of hydrogen-bond donors (Lipinski definition) is 2. The van der Waals surface area contributed by atoms with Gasteiger partial charge in [0.25, 0.3) is 0 Å². The fourth-order valence-electron chi connectivity index (χ4n) is 2.44. The first-order chi connectivity index (χ1) is 10.2. The summed E-state index contributed by atoms with van der Waals surface area (Å²) in [5, 5.41) is 13.7. The van der Waals surface area contributed by atoms with Crippen LogP contribution in [0.5, 0.6) is 5.75 Å². The predicted octanol–water partition coefficient (Wildman–Crippen LogP) is 3.21. The monoisotopic (exact) mass is 309 g/mol. The van der Waals surface area contributed by atoms with Gasteiger partial charge in [0.2, 0.25) is 0 Å². The average Bonchev–Trinajstić information content (AvgIpc) is 2.91. The van der Waals surface area contributed by atoms with Crippen molar-refractivity contribution in [2.75, 3.05) is 25.7 Å². The van der Waals surface area contributed by atoms with Crippen LogP contribution >= 0.6 is 11.8 Å². The third kappa shape index (κ3) is 3.93. The third-order valence-electron chi connectivity index (χ3n) is 3.50. The van der Waals surface area contributed by atoms with Crippen molar-refractivity contribution in [1.29, 1.82) is 0 Å². The van der Waals surface area contributed by atoms with Crippen molar-refractivity contribution in [3.05, 3.63) is 30.0 Å². The minimum Gasteiger partial charge on any atom is -0.493 e. The van der Waals surface area contributed by atoms with Gasteiger partial charge in [-0.25, -0.2) is 0 Å². The van der Waals surface area contributed by atoms with Crippen molar-refractivity contribution >= 4 is 22.7 Å². The van der Waals surface area contributed by atoms with Gasteiger partial charge in [0.1, 0.15) is 5.76 Å². The van der Waals surface area contributed by atoms with Crippen LogP contribution in [0.4, 0.5) is 0 Å². The molecule has 2 N–H and O–H groups in total. The van der Waals surface area contributed by atoms with E-state index in [9.17, 15) is 0 Å². The summed E-state index contributed by atoms with van der Waals surface area (Å²) < 4.78 is 11.3.